The van der Waals surface area contributed by atoms with Crippen molar-refractivity contribution in [3.63, 3.8) is 0 Å². The van der Waals surface area contributed by atoms with Crippen LogP contribution in [0.5, 0.6) is 0 Å². The van der Waals surface area contributed by atoms with Crippen LogP contribution in [-0.4, -0.2) is 117 Å². The van der Waals surface area contributed by atoms with Gasteiger partial charge in [-0.15, -0.1) is 0 Å². The van der Waals surface area contributed by atoms with Gasteiger partial charge >= 0.3 is 6.09 Å². The van der Waals surface area contributed by atoms with Crippen molar-refractivity contribution in [1.29, 1.82) is 0 Å². The smallest absolute Gasteiger partial charge is 0.407 e. The number of nitrogens with one attached hydrogen (secondary N) is 1. The van der Waals surface area contributed by atoms with E-state index in [1.165, 1.54) is 0 Å². The topological polar surface area (TPSA) is 112 Å². The standard InChI is InChI=1S/C40H57NO10/c1-39(2,3)51-38(42)41-19-20-43-21-22-44-23-24-45-25-26-46-27-28-47-29-30-48-31-32-49-33-34-50-40(35-13-7-4-8-14-35,36-15-9-5-10-16-36)37-17-11-6-12-18-37/h4-18H,19-34H2,1-3H3,(H,41,42). The first-order chi connectivity index (χ1) is 24.9. The molecule has 51 heavy (non-hydrogen) atoms. The number of rotatable bonds is 28. The summed E-state index contributed by atoms with van der Waals surface area (Å²) in [6, 6.07) is 30.9. The molecule has 0 aliphatic carbocycles. The maximum atomic E-state index is 11.5. The number of alkyl carbamates (subject to hydrolysis) is 1. The minimum absolute atomic E-state index is 0.382. The van der Waals surface area contributed by atoms with E-state index in [0.29, 0.717) is 106 Å². The molecule has 0 aliphatic rings. The zero-order chi connectivity index (χ0) is 36.3. The molecular weight excluding hydrogens is 654 g/mol. The Morgan fingerprint density at radius 1 is 0.451 bits per heavy atom. The predicted octanol–water partition coefficient (Wildman–Crippen LogP) is 5.64. The molecule has 0 bridgehead atoms. The summed E-state index contributed by atoms with van der Waals surface area (Å²) in [5, 5.41) is 2.64. The zero-order valence-electron chi connectivity index (χ0n) is 30.6. The minimum atomic E-state index is -0.754. The Bertz CT molecular complexity index is 1180. The maximum absolute atomic E-state index is 11.5. The molecule has 11 nitrogen and oxygen atoms in total. The van der Waals surface area contributed by atoms with Gasteiger partial charge in [-0.3, -0.25) is 0 Å². The third-order valence-electron chi connectivity index (χ3n) is 7.23. The molecule has 0 radical (unpaired) electrons. The Hall–Kier alpha value is -3.39. The second kappa shape index (κ2) is 25.5. The second-order valence-corrected chi connectivity index (χ2v) is 12.3. The molecule has 1 amide bonds. The van der Waals surface area contributed by atoms with Crippen molar-refractivity contribution in [2.24, 2.45) is 0 Å². The van der Waals surface area contributed by atoms with E-state index >= 15 is 0 Å². The number of benzene rings is 3. The van der Waals surface area contributed by atoms with E-state index in [2.05, 4.69) is 41.7 Å². The largest absolute Gasteiger partial charge is 0.444 e. The van der Waals surface area contributed by atoms with Gasteiger partial charge in [-0.25, -0.2) is 4.79 Å². The summed E-state index contributed by atoms with van der Waals surface area (Å²) < 4.78 is 50.8. The van der Waals surface area contributed by atoms with Crippen LogP contribution < -0.4 is 5.32 Å². The van der Waals surface area contributed by atoms with Crippen molar-refractivity contribution in [3.8, 4) is 0 Å². The number of amides is 1. The van der Waals surface area contributed by atoms with Gasteiger partial charge in [0, 0.05) is 6.54 Å². The summed E-state index contributed by atoms with van der Waals surface area (Å²) in [6.07, 6.45) is -0.452. The lowest BCUT2D eigenvalue weighted by atomic mass is 9.80. The van der Waals surface area contributed by atoms with Crippen LogP contribution >= 0.6 is 0 Å². The normalized spacial score (nSPS) is 11.8. The Balaban J connectivity index is 1.12. The van der Waals surface area contributed by atoms with Crippen molar-refractivity contribution in [1.82, 2.24) is 5.32 Å². The van der Waals surface area contributed by atoms with Crippen LogP contribution in [0.3, 0.4) is 0 Å². The first-order valence-corrected chi connectivity index (χ1v) is 17.7. The van der Waals surface area contributed by atoms with E-state index in [1.807, 2.05) is 75.4 Å². The van der Waals surface area contributed by atoms with Crippen LogP contribution in [0.4, 0.5) is 4.79 Å². The first-order valence-electron chi connectivity index (χ1n) is 17.7. The van der Waals surface area contributed by atoms with Gasteiger partial charge < -0.3 is 47.9 Å². The summed E-state index contributed by atoms with van der Waals surface area (Å²) in [4.78, 5) is 11.5. The predicted molar refractivity (Wildman–Crippen MR) is 195 cm³/mol. The number of ether oxygens (including phenoxy) is 9. The van der Waals surface area contributed by atoms with Gasteiger partial charge in [0.2, 0.25) is 0 Å². The monoisotopic (exact) mass is 711 g/mol. The van der Waals surface area contributed by atoms with Crippen LogP contribution in [0.25, 0.3) is 0 Å². The summed E-state index contributed by atoms with van der Waals surface area (Å²) in [6.45, 7) is 12.8. The number of carbonyl (C=O) groups excluding carboxylic acids is 1. The van der Waals surface area contributed by atoms with Crippen LogP contribution in [0.15, 0.2) is 91.0 Å². The Kier molecular flexibility index (Phi) is 21.0. The van der Waals surface area contributed by atoms with Crippen molar-refractivity contribution in [2.45, 2.75) is 32.0 Å². The molecule has 11 heteroatoms. The van der Waals surface area contributed by atoms with Crippen LogP contribution in [0, 0.1) is 0 Å². The third-order valence-corrected chi connectivity index (χ3v) is 7.23. The molecule has 0 saturated heterocycles. The molecule has 0 atom stereocenters. The van der Waals surface area contributed by atoms with Crippen molar-refractivity contribution >= 4 is 6.09 Å². The molecule has 282 valence electrons. The van der Waals surface area contributed by atoms with E-state index in [4.69, 9.17) is 42.6 Å². The van der Waals surface area contributed by atoms with Gasteiger partial charge in [0.1, 0.15) is 11.2 Å². The average Bonchev–Trinajstić information content (AvgIpc) is 3.13. The summed E-state index contributed by atoms with van der Waals surface area (Å²) in [7, 11) is 0. The van der Waals surface area contributed by atoms with E-state index in [-0.39, 0.29) is 0 Å². The van der Waals surface area contributed by atoms with Gasteiger partial charge in [0.05, 0.1) is 99.1 Å². The Morgan fingerprint density at radius 2 is 0.745 bits per heavy atom. The average molecular weight is 712 g/mol. The molecule has 0 fully saturated rings. The van der Waals surface area contributed by atoms with Crippen molar-refractivity contribution < 1.29 is 47.4 Å². The molecule has 3 aromatic rings. The molecule has 0 spiro atoms. The highest BCUT2D eigenvalue weighted by Gasteiger charge is 2.37. The lowest BCUT2D eigenvalue weighted by Gasteiger charge is -2.36. The SMILES string of the molecule is CC(C)(C)OC(=O)NCCOCCOCCOCCOCCOCCOCCOCCOC(c1ccccc1)(c1ccccc1)c1ccccc1. The number of hydrogen-bond donors (Lipinski definition) is 1. The van der Waals surface area contributed by atoms with E-state index in [0.717, 1.165) is 16.7 Å². The summed E-state index contributed by atoms with van der Waals surface area (Å²) in [5.74, 6) is 0. The van der Waals surface area contributed by atoms with Crippen molar-refractivity contribution in [3.05, 3.63) is 108 Å². The molecule has 0 aromatic heterocycles. The first kappa shape index (κ1) is 42.0. The maximum Gasteiger partial charge on any atom is 0.407 e. The van der Waals surface area contributed by atoms with E-state index in [9.17, 15) is 4.79 Å². The Morgan fingerprint density at radius 3 is 1.06 bits per heavy atom. The highest BCUT2D eigenvalue weighted by molar-refractivity contribution is 5.67. The van der Waals surface area contributed by atoms with Gasteiger partial charge in [0.25, 0.3) is 0 Å². The quantitative estimate of drug-likeness (QED) is 0.0751. The lowest BCUT2D eigenvalue weighted by molar-refractivity contribution is -0.0397. The molecule has 3 aromatic carbocycles. The minimum Gasteiger partial charge on any atom is -0.444 e. The number of hydrogen-bond acceptors (Lipinski definition) is 10. The highest BCUT2D eigenvalue weighted by Crippen LogP contribution is 2.40. The molecule has 0 saturated carbocycles. The highest BCUT2D eigenvalue weighted by atomic mass is 16.6. The molecule has 3 rings (SSSR count). The van der Waals surface area contributed by atoms with Gasteiger partial charge in [-0.2, -0.15) is 0 Å². The number of carbonyl (C=O) groups is 1. The molecule has 1 N–H and O–H groups in total. The summed E-state index contributed by atoms with van der Waals surface area (Å²) >= 11 is 0. The van der Waals surface area contributed by atoms with E-state index < -0.39 is 17.3 Å². The summed E-state index contributed by atoms with van der Waals surface area (Å²) in [5.41, 5.74) is 1.92. The van der Waals surface area contributed by atoms with Gasteiger partial charge in [0.15, 0.2) is 0 Å². The van der Waals surface area contributed by atoms with Crippen LogP contribution in [0.1, 0.15) is 37.5 Å². The van der Waals surface area contributed by atoms with Crippen LogP contribution in [0.2, 0.25) is 0 Å². The Labute approximate surface area is 303 Å². The van der Waals surface area contributed by atoms with Crippen LogP contribution in [-0.2, 0) is 48.2 Å². The second-order valence-electron chi connectivity index (χ2n) is 12.3. The fourth-order valence-electron chi connectivity index (χ4n) is 4.98. The van der Waals surface area contributed by atoms with Gasteiger partial charge in [-0.05, 0) is 37.5 Å². The molecule has 0 heterocycles. The lowest BCUT2D eigenvalue weighted by Crippen LogP contribution is -2.34. The van der Waals surface area contributed by atoms with Crippen molar-refractivity contribution in [2.75, 3.05) is 106 Å². The molecular formula is C40H57NO10. The van der Waals surface area contributed by atoms with Gasteiger partial charge in [-0.1, -0.05) is 91.0 Å². The molecule has 0 aliphatic heterocycles. The molecule has 0 unspecified atom stereocenters. The van der Waals surface area contributed by atoms with E-state index in [1.54, 1.807) is 0 Å². The fraction of sp³-hybridized carbons (Fsp3) is 0.525. The zero-order valence-corrected chi connectivity index (χ0v) is 30.6. The fourth-order valence-corrected chi connectivity index (χ4v) is 4.98. The third kappa shape index (κ3) is 17.6.